The summed E-state index contributed by atoms with van der Waals surface area (Å²) in [6.07, 6.45) is 1.48. The van der Waals surface area contributed by atoms with Gasteiger partial charge in [-0.3, -0.25) is 14.4 Å². The second-order valence-electron chi connectivity index (χ2n) is 8.75. The van der Waals surface area contributed by atoms with Crippen molar-refractivity contribution in [2.24, 2.45) is 5.92 Å². The number of nitrogen functional groups attached to an aromatic ring is 1. The summed E-state index contributed by atoms with van der Waals surface area (Å²) < 4.78 is 11.5. The number of hydrogen-bond acceptors (Lipinski definition) is 9. The van der Waals surface area contributed by atoms with Crippen molar-refractivity contribution in [3.63, 3.8) is 0 Å². The van der Waals surface area contributed by atoms with Crippen LogP contribution in [0.2, 0.25) is 0 Å². The van der Waals surface area contributed by atoms with Gasteiger partial charge < -0.3 is 25.8 Å². The number of hydrogen-bond donors (Lipinski definition) is 3. The number of carbonyl (C=O) groups is 4. The number of pyridine rings is 1. The Morgan fingerprint density at radius 1 is 1.05 bits per heavy atom. The quantitative estimate of drug-likeness (QED) is 0.355. The van der Waals surface area contributed by atoms with E-state index in [4.69, 9.17) is 15.2 Å². The molecule has 0 aromatic carbocycles. The standard InChI is InChI=1S/C25H36N6O6/c1-7-36-20(32)12-10-18(25(35)37-8-2)28-24(34)22(14(3)4)29-23(33)21-15(5)30-31(16(21)6)17-9-11-19(26)27-13-17/h9,11,13-14,18,22H,7-8,10,12H2,1-6H3,(H2,26,27)(H,28,34)(H,29,33)/t18-,22+/m1/s1. The molecule has 0 aliphatic heterocycles. The molecule has 0 aliphatic carbocycles. The van der Waals surface area contributed by atoms with Crippen LogP contribution in [0.5, 0.6) is 0 Å². The number of esters is 2. The van der Waals surface area contributed by atoms with Crippen LogP contribution in [-0.2, 0) is 23.9 Å². The van der Waals surface area contributed by atoms with E-state index >= 15 is 0 Å². The predicted molar refractivity (Wildman–Crippen MR) is 136 cm³/mol. The highest BCUT2D eigenvalue weighted by Crippen LogP contribution is 2.19. The first-order valence-electron chi connectivity index (χ1n) is 12.2. The van der Waals surface area contributed by atoms with Crippen molar-refractivity contribution < 1.29 is 28.7 Å². The lowest BCUT2D eigenvalue weighted by molar-refractivity contribution is -0.149. The van der Waals surface area contributed by atoms with Crippen molar-refractivity contribution in [1.82, 2.24) is 25.4 Å². The number of nitrogens with two attached hydrogens (primary N) is 1. The van der Waals surface area contributed by atoms with Crippen molar-refractivity contribution in [3.8, 4) is 5.69 Å². The number of nitrogens with zero attached hydrogens (tertiary/aromatic N) is 3. The Labute approximate surface area is 216 Å². The van der Waals surface area contributed by atoms with Crippen LogP contribution in [-0.4, -0.2) is 63.8 Å². The molecule has 4 N–H and O–H groups in total. The molecule has 0 bridgehead atoms. The first kappa shape index (κ1) is 29.3. The smallest absolute Gasteiger partial charge is 0.328 e. The van der Waals surface area contributed by atoms with E-state index < -0.39 is 35.8 Å². The van der Waals surface area contributed by atoms with Crippen molar-refractivity contribution in [2.45, 2.75) is 66.5 Å². The highest BCUT2D eigenvalue weighted by Gasteiger charge is 2.31. The third-order valence-corrected chi connectivity index (χ3v) is 5.60. The summed E-state index contributed by atoms with van der Waals surface area (Å²) in [6.45, 7) is 10.6. The lowest BCUT2D eigenvalue weighted by Gasteiger charge is -2.25. The Morgan fingerprint density at radius 3 is 2.30 bits per heavy atom. The fourth-order valence-electron chi connectivity index (χ4n) is 3.74. The van der Waals surface area contributed by atoms with Gasteiger partial charge in [0.1, 0.15) is 17.9 Å². The zero-order valence-electron chi connectivity index (χ0n) is 22.2. The number of rotatable bonds is 12. The van der Waals surface area contributed by atoms with Gasteiger partial charge in [-0.25, -0.2) is 14.5 Å². The first-order valence-corrected chi connectivity index (χ1v) is 12.2. The van der Waals surface area contributed by atoms with Crippen molar-refractivity contribution in [1.29, 1.82) is 0 Å². The van der Waals surface area contributed by atoms with Crippen molar-refractivity contribution >= 4 is 29.6 Å². The molecule has 2 amide bonds. The lowest BCUT2D eigenvalue weighted by Crippen LogP contribution is -2.54. The maximum atomic E-state index is 13.3. The van der Waals surface area contributed by atoms with Crippen LogP contribution in [0.4, 0.5) is 5.82 Å². The van der Waals surface area contributed by atoms with E-state index in [1.54, 1.807) is 64.6 Å². The topological polar surface area (TPSA) is 168 Å². The maximum absolute atomic E-state index is 13.3. The minimum absolute atomic E-state index is 0.00276. The number of amides is 2. The molecule has 12 heteroatoms. The van der Waals surface area contributed by atoms with Gasteiger partial charge >= 0.3 is 11.9 Å². The van der Waals surface area contributed by atoms with Crippen molar-refractivity contribution in [3.05, 3.63) is 35.3 Å². The molecule has 2 aromatic heterocycles. The SMILES string of the molecule is CCOC(=O)CC[C@@H](NC(=O)[C@@H](NC(=O)c1c(C)nn(-c2ccc(N)nc2)c1C)C(C)C)C(=O)OCC. The number of carbonyl (C=O) groups excluding carboxylic acids is 4. The van der Waals surface area contributed by atoms with Crippen LogP contribution in [0.3, 0.4) is 0 Å². The number of ether oxygens (including phenoxy) is 2. The second kappa shape index (κ2) is 13.4. The predicted octanol–water partition coefficient (Wildman–Crippen LogP) is 1.61. The van der Waals surface area contributed by atoms with Crippen LogP contribution < -0.4 is 16.4 Å². The Morgan fingerprint density at radius 2 is 1.73 bits per heavy atom. The molecule has 2 aromatic rings. The van der Waals surface area contributed by atoms with E-state index in [2.05, 4.69) is 20.7 Å². The molecule has 37 heavy (non-hydrogen) atoms. The normalized spacial score (nSPS) is 12.5. The van der Waals surface area contributed by atoms with Gasteiger partial charge in [-0.15, -0.1) is 0 Å². The van der Waals surface area contributed by atoms with E-state index in [-0.39, 0.29) is 32.0 Å². The molecule has 0 spiro atoms. The summed E-state index contributed by atoms with van der Waals surface area (Å²) in [4.78, 5) is 54.7. The van der Waals surface area contributed by atoms with Gasteiger partial charge in [-0.2, -0.15) is 5.10 Å². The number of anilines is 1. The third kappa shape index (κ3) is 7.76. The molecule has 202 valence electrons. The van der Waals surface area contributed by atoms with E-state index in [9.17, 15) is 19.2 Å². The monoisotopic (exact) mass is 516 g/mol. The van der Waals surface area contributed by atoms with Gasteiger partial charge in [0.25, 0.3) is 5.91 Å². The van der Waals surface area contributed by atoms with Gasteiger partial charge in [0, 0.05) is 6.42 Å². The molecule has 2 atom stereocenters. The van der Waals surface area contributed by atoms with E-state index in [1.165, 1.54) is 0 Å². The van der Waals surface area contributed by atoms with Gasteiger partial charge in [0.05, 0.1) is 42.0 Å². The lowest BCUT2D eigenvalue weighted by atomic mass is 10.0. The van der Waals surface area contributed by atoms with Gasteiger partial charge in [-0.1, -0.05) is 13.8 Å². The molecule has 2 rings (SSSR count). The maximum Gasteiger partial charge on any atom is 0.328 e. The molecule has 0 radical (unpaired) electrons. The van der Waals surface area contributed by atoms with Crippen LogP contribution in [0, 0.1) is 19.8 Å². The molecule has 0 unspecified atom stereocenters. The molecule has 2 heterocycles. The number of aryl methyl sites for hydroxylation is 1. The Balaban J connectivity index is 2.22. The largest absolute Gasteiger partial charge is 0.466 e. The molecule has 0 aliphatic rings. The fourth-order valence-corrected chi connectivity index (χ4v) is 3.74. The van der Waals surface area contributed by atoms with Gasteiger partial charge in [0.15, 0.2) is 0 Å². The van der Waals surface area contributed by atoms with Gasteiger partial charge in [-0.05, 0) is 52.2 Å². The minimum atomic E-state index is -1.07. The molecular formula is C25H36N6O6. The second-order valence-corrected chi connectivity index (χ2v) is 8.75. The highest BCUT2D eigenvalue weighted by molar-refractivity contribution is 6.00. The summed E-state index contributed by atoms with van der Waals surface area (Å²) in [5.74, 6) is -2.17. The van der Waals surface area contributed by atoms with E-state index in [1.807, 2.05) is 0 Å². The summed E-state index contributed by atoms with van der Waals surface area (Å²) in [5.41, 5.74) is 7.63. The van der Waals surface area contributed by atoms with Crippen LogP contribution >= 0.6 is 0 Å². The average molecular weight is 517 g/mol. The number of aromatic nitrogens is 3. The Kier molecular flexibility index (Phi) is 10.6. The van der Waals surface area contributed by atoms with Crippen LogP contribution in [0.25, 0.3) is 5.69 Å². The van der Waals surface area contributed by atoms with Crippen LogP contribution in [0.15, 0.2) is 18.3 Å². The average Bonchev–Trinajstić information content (AvgIpc) is 3.14. The molecular weight excluding hydrogens is 480 g/mol. The summed E-state index contributed by atoms with van der Waals surface area (Å²) in [6, 6.07) is 1.33. The summed E-state index contributed by atoms with van der Waals surface area (Å²) >= 11 is 0. The van der Waals surface area contributed by atoms with Crippen LogP contribution in [0.1, 0.15) is 62.3 Å². The zero-order chi connectivity index (χ0) is 27.7. The fraction of sp³-hybridized carbons (Fsp3) is 0.520. The zero-order valence-corrected chi connectivity index (χ0v) is 22.2. The molecule has 0 saturated carbocycles. The third-order valence-electron chi connectivity index (χ3n) is 5.60. The molecule has 0 saturated heterocycles. The van der Waals surface area contributed by atoms with Crippen molar-refractivity contribution in [2.75, 3.05) is 18.9 Å². The molecule has 12 nitrogen and oxygen atoms in total. The van der Waals surface area contributed by atoms with E-state index in [0.717, 1.165) is 0 Å². The summed E-state index contributed by atoms with van der Waals surface area (Å²) in [5, 5.41) is 9.84. The van der Waals surface area contributed by atoms with Gasteiger partial charge in [0.2, 0.25) is 5.91 Å². The van der Waals surface area contributed by atoms with E-state index in [0.29, 0.717) is 28.5 Å². The molecule has 0 fully saturated rings. The minimum Gasteiger partial charge on any atom is -0.466 e. The first-order chi connectivity index (χ1) is 17.5. The Bertz CT molecular complexity index is 1110. The Hall–Kier alpha value is -3.96. The number of nitrogens with one attached hydrogen (secondary N) is 2. The highest BCUT2D eigenvalue weighted by atomic mass is 16.5. The summed E-state index contributed by atoms with van der Waals surface area (Å²) in [7, 11) is 0.